The van der Waals surface area contributed by atoms with Crippen LogP contribution in [-0.2, 0) is 0 Å². The van der Waals surface area contributed by atoms with Gasteiger partial charge in [-0.1, -0.05) is 16.8 Å². The summed E-state index contributed by atoms with van der Waals surface area (Å²) in [6.45, 7) is 0. The maximum atomic E-state index is 10.3. The van der Waals surface area contributed by atoms with Crippen molar-refractivity contribution in [2.75, 3.05) is 0 Å². The van der Waals surface area contributed by atoms with E-state index in [1.807, 2.05) is 0 Å². The molecule has 6 heteroatoms. The molecule has 0 N–H and O–H groups in total. The molecule has 0 amide bonds. The van der Waals surface area contributed by atoms with Crippen molar-refractivity contribution in [1.29, 1.82) is 0 Å². The molecule has 0 aromatic carbocycles. The van der Waals surface area contributed by atoms with E-state index in [-0.39, 0.29) is 11.7 Å². The van der Waals surface area contributed by atoms with Crippen molar-refractivity contribution >= 4 is 17.9 Å². The van der Waals surface area contributed by atoms with Crippen LogP contribution in [0.1, 0.15) is 10.7 Å². The zero-order valence-corrected chi connectivity index (χ0v) is 7.60. The van der Waals surface area contributed by atoms with E-state index in [0.717, 1.165) is 0 Å². The Hall–Kier alpha value is -1.75. The highest BCUT2D eigenvalue weighted by Gasteiger charge is 2.08. The Morgan fingerprint density at radius 3 is 2.86 bits per heavy atom. The number of carbonyl (C=O) groups excluding carboxylic acids is 1. The first-order valence-electron chi connectivity index (χ1n) is 3.70. The number of aldehydes is 1. The Morgan fingerprint density at radius 1 is 1.43 bits per heavy atom. The third-order valence-corrected chi connectivity index (χ3v) is 1.72. The second-order valence-corrected chi connectivity index (χ2v) is 2.87. The summed E-state index contributed by atoms with van der Waals surface area (Å²) in [6, 6.07) is 3.29. The van der Waals surface area contributed by atoms with Gasteiger partial charge in [-0.05, 0) is 12.1 Å². The van der Waals surface area contributed by atoms with Gasteiger partial charge in [-0.2, -0.15) is 4.98 Å². The molecule has 14 heavy (non-hydrogen) atoms. The number of hydrogen-bond acceptors (Lipinski definition) is 5. The Balaban J connectivity index is 2.39. The summed E-state index contributed by atoms with van der Waals surface area (Å²) in [6.07, 6.45) is 1.94. The third kappa shape index (κ3) is 1.62. The Kier molecular flexibility index (Phi) is 2.24. The van der Waals surface area contributed by atoms with Gasteiger partial charge in [0, 0.05) is 6.20 Å². The molecule has 2 aromatic heterocycles. The van der Waals surface area contributed by atoms with Crippen molar-refractivity contribution in [3.8, 4) is 11.5 Å². The van der Waals surface area contributed by atoms with Crippen LogP contribution >= 0.6 is 11.6 Å². The van der Waals surface area contributed by atoms with Crippen LogP contribution in [0.4, 0.5) is 0 Å². The number of carbonyl (C=O) groups is 1. The topological polar surface area (TPSA) is 68.9 Å². The molecule has 0 aliphatic carbocycles. The van der Waals surface area contributed by atoms with Crippen LogP contribution in [-0.4, -0.2) is 21.4 Å². The first-order valence-corrected chi connectivity index (χ1v) is 4.08. The van der Waals surface area contributed by atoms with Gasteiger partial charge in [0.1, 0.15) is 5.69 Å². The average molecular weight is 210 g/mol. The van der Waals surface area contributed by atoms with Crippen molar-refractivity contribution in [3.63, 3.8) is 0 Å². The molecule has 70 valence electrons. The fourth-order valence-corrected chi connectivity index (χ4v) is 1.01. The minimum Gasteiger partial charge on any atom is -0.331 e. The molecule has 0 aliphatic heterocycles. The van der Waals surface area contributed by atoms with Crippen molar-refractivity contribution in [1.82, 2.24) is 15.1 Å². The van der Waals surface area contributed by atoms with Gasteiger partial charge in [0.05, 0.1) is 5.02 Å². The highest BCUT2D eigenvalue weighted by molar-refractivity contribution is 6.30. The van der Waals surface area contributed by atoms with Gasteiger partial charge in [0.25, 0.3) is 5.89 Å². The monoisotopic (exact) mass is 209 g/mol. The first kappa shape index (κ1) is 8.83. The van der Waals surface area contributed by atoms with Gasteiger partial charge in [-0.3, -0.25) is 9.78 Å². The van der Waals surface area contributed by atoms with Crippen LogP contribution < -0.4 is 0 Å². The molecular formula is C8H4ClN3O2. The van der Waals surface area contributed by atoms with Crippen molar-refractivity contribution in [2.45, 2.75) is 0 Å². The number of nitrogens with zero attached hydrogens (tertiary/aromatic N) is 3. The van der Waals surface area contributed by atoms with Gasteiger partial charge >= 0.3 is 0 Å². The van der Waals surface area contributed by atoms with Crippen LogP contribution in [0.3, 0.4) is 0 Å². The molecule has 0 unspecified atom stereocenters. The zero-order valence-electron chi connectivity index (χ0n) is 6.85. The highest BCUT2D eigenvalue weighted by Crippen LogP contribution is 2.14. The van der Waals surface area contributed by atoms with Gasteiger partial charge in [-0.25, -0.2) is 0 Å². The lowest BCUT2D eigenvalue weighted by atomic mass is 10.3. The molecule has 0 atom stereocenters. The minimum atomic E-state index is -0.0725. The Bertz CT molecular complexity index is 452. The van der Waals surface area contributed by atoms with Gasteiger partial charge in [0.2, 0.25) is 12.1 Å². The van der Waals surface area contributed by atoms with E-state index in [1.54, 1.807) is 12.1 Å². The molecule has 0 saturated carbocycles. The van der Waals surface area contributed by atoms with Crippen molar-refractivity contribution in [3.05, 3.63) is 29.2 Å². The standard InChI is InChI=1S/C8H4ClN3O2/c9-5-1-2-6(10-3-5)8-11-7(4-13)14-12-8/h1-4H. The summed E-state index contributed by atoms with van der Waals surface area (Å²) < 4.78 is 4.60. The summed E-state index contributed by atoms with van der Waals surface area (Å²) in [7, 11) is 0. The van der Waals surface area contributed by atoms with Crippen LogP contribution in [0.15, 0.2) is 22.9 Å². The van der Waals surface area contributed by atoms with E-state index >= 15 is 0 Å². The predicted molar refractivity (Wildman–Crippen MR) is 47.9 cm³/mol. The van der Waals surface area contributed by atoms with Crippen molar-refractivity contribution in [2.24, 2.45) is 0 Å². The van der Waals surface area contributed by atoms with Gasteiger partial charge in [0.15, 0.2) is 0 Å². The molecule has 5 nitrogen and oxygen atoms in total. The number of rotatable bonds is 2. The van der Waals surface area contributed by atoms with Gasteiger partial charge < -0.3 is 4.52 Å². The molecule has 0 radical (unpaired) electrons. The fourth-order valence-electron chi connectivity index (χ4n) is 0.895. The molecule has 2 aromatic rings. The summed E-state index contributed by atoms with van der Waals surface area (Å²) >= 11 is 5.65. The third-order valence-electron chi connectivity index (χ3n) is 1.50. The van der Waals surface area contributed by atoms with E-state index < -0.39 is 0 Å². The van der Waals surface area contributed by atoms with Crippen LogP contribution in [0, 0.1) is 0 Å². The second-order valence-electron chi connectivity index (χ2n) is 2.44. The molecule has 2 rings (SSSR count). The smallest absolute Gasteiger partial charge is 0.291 e. The maximum absolute atomic E-state index is 10.3. The SMILES string of the molecule is O=Cc1nc(-c2ccc(Cl)cn2)no1. The minimum absolute atomic E-state index is 0.0725. The highest BCUT2D eigenvalue weighted by atomic mass is 35.5. The largest absolute Gasteiger partial charge is 0.331 e. The number of halogens is 1. The molecule has 0 spiro atoms. The average Bonchev–Trinajstić information content (AvgIpc) is 2.67. The lowest BCUT2D eigenvalue weighted by Gasteiger charge is -1.91. The number of hydrogen-bond donors (Lipinski definition) is 0. The second kappa shape index (κ2) is 3.55. The first-order chi connectivity index (χ1) is 6.79. The molecule has 0 saturated heterocycles. The molecular weight excluding hydrogens is 206 g/mol. The van der Waals surface area contributed by atoms with Crippen LogP contribution in [0.5, 0.6) is 0 Å². The summed E-state index contributed by atoms with van der Waals surface area (Å²) in [5.74, 6) is 0.195. The van der Waals surface area contributed by atoms with E-state index in [9.17, 15) is 4.79 Å². The Labute approximate surface area is 83.7 Å². The summed E-state index contributed by atoms with van der Waals surface area (Å²) in [4.78, 5) is 18.0. The van der Waals surface area contributed by atoms with E-state index in [1.165, 1.54) is 6.20 Å². The van der Waals surface area contributed by atoms with Crippen molar-refractivity contribution < 1.29 is 9.32 Å². The number of pyridine rings is 1. The number of aromatic nitrogens is 3. The van der Waals surface area contributed by atoms with E-state index in [4.69, 9.17) is 11.6 Å². The lowest BCUT2D eigenvalue weighted by Crippen LogP contribution is -1.85. The molecule has 0 aliphatic rings. The Morgan fingerprint density at radius 2 is 2.29 bits per heavy atom. The molecule has 0 fully saturated rings. The quantitative estimate of drug-likeness (QED) is 0.703. The van der Waals surface area contributed by atoms with Gasteiger partial charge in [-0.15, -0.1) is 0 Å². The molecule has 2 heterocycles. The van der Waals surface area contributed by atoms with E-state index in [0.29, 0.717) is 17.0 Å². The summed E-state index contributed by atoms with van der Waals surface area (Å²) in [5, 5.41) is 4.09. The summed E-state index contributed by atoms with van der Waals surface area (Å²) in [5.41, 5.74) is 0.506. The van der Waals surface area contributed by atoms with E-state index in [2.05, 4.69) is 19.6 Å². The van der Waals surface area contributed by atoms with Crippen LogP contribution in [0.25, 0.3) is 11.5 Å². The van der Waals surface area contributed by atoms with Crippen LogP contribution in [0.2, 0.25) is 5.02 Å². The lowest BCUT2D eigenvalue weighted by molar-refractivity contribution is 0.108. The normalized spacial score (nSPS) is 10.1. The predicted octanol–water partition coefficient (Wildman–Crippen LogP) is 1.60. The zero-order chi connectivity index (χ0) is 9.97. The fraction of sp³-hybridized carbons (Fsp3) is 0. The maximum Gasteiger partial charge on any atom is 0.291 e. The molecule has 0 bridgehead atoms.